The molecule has 0 saturated carbocycles. The van der Waals surface area contributed by atoms with Crippen LogP contribution in [0.15, 0.2) is 30.3 Å². The largest absolute Gasteiger partial charge is 0.481 e. The molecule has 0 bridgehead atoms. The molecule has 5 heteroatoms. The minimum Gasteiger partial charge on any atom is -0.402 e. The lowest BCUT2D eigenvalue weighted by molar-refractivity contribution is -0.121. The molecule has 0 aliphatic carbocycles. The van der Waals surface area contributed by atoms with Crippen molar-refractivity contribution in [2.24, 2.45) is 0 Å². The fourth-order valence-corrected chi connectivity index (χ4v) is 3.01. The average Bonchev–Trinajstić information content (AvgIpc) is 2.76. The van der Waals surface area contributed by atoms with Gasteiger partial charge in [-0.25, -0.2) is 0 Å². The molecular formula is C20H32BNO3. The van der Waals surface area contributed by atoms with E-state index in [-0.39, 0.29) is 23.1 Å². The van der Waals surface area contributed by atoms with Gasteiger partial charge in [0.05, 0.1) is 17.1 Å². The Bertz CT molecular complexity index is 543. The number of carbonyl (C=O) groups is 1. The van der Waals surface area contributed by atoms with Crippen LogP contribution in [0, 0.1) is 0 Å². The van der Waals surface area contributed by atoms with Crippen molar-refractivity contribution >= 4 is 13.0 Å². The van der Waals surface area contributed by atoms with E-state index >= 15 is 0 Å². The molecule has 138 valence electrons. The van der Waals surface area contributed by atoms with Crippen LogP contribution >= 0.6 is 0 Å². The fraction of sp³-hybridized carbons (Fsp3) is 0.650. The van der Waals surface area contributed by atoms with Crippen LogP contribution in [0.5, 0.6) is 0 Å². The van der Waals surface area contributed by atoms with Crippen molar-refractivity contribution in [1.82, 2.24) is 5.32 Å². The van der Waals surface area contributed by atoms with Crippen LogP contribution in [0.4, 0.5) is 0 Å². The Hall–Kier alpha value is -1.33. The van der Waals surface area contributed by atoms with Crippen LogP contribution in [0.25, 0.3) is 0 Å². The highest BCUT2D eigenvalue weighted by Crippen LogP contribution is 2.38. The molecule has 1 aliphatic heterocycles. The molecule has 1 N–H and O–H groups in total. The lowest BCUT2D eigenvalue weighted by atomic mass is 9.75. The predicted octanol–water partition coefficient (Wildman–Crippen LogP) is 3.93. The molecule has 0 radical (unpaired) electrons. The van der Waals surface area contributed by atoms with E-state index in [0.717, 1.165) is 25.7 Å². The van der Waals surface area contributed by atoms with Crippen LogP contribution < -0.4 is 5.32 Å². The monoisotopic (exact) mass is 345 g/mol. The lowest BCUT2D eigenvalue weighted by Gasteiger charge is -2.32. The van der Waals surface area contributed by atoms with Crippen molar-refractivity contribution in [3.05, 3.63) is 35.9 Å². The zero-order valence-electron chi connectivity index (χ0n) is 16.3. The van der Waals surface area contributed by atoms with Crippen LogP contribution in [-0.4, -0.2) is 30.2 Å². The van der Waals surface area contributed by atoms with E-state index in [1.165, 1.54) is 5.56 Å². The van der Waals surface area contributed by atoms with Crippen LogP contribution in [-0.2, 0) is 20.5 Å². The molecule has 25 heavy (non-hydrogen) atoms. The van der Waals surface area contributed by atoms with Gasteiger partial charge in [0, 0.05) is 6.42 Å². The quantitative estimate of drug-likeness (QED) is 0.727. The maximum Gasteiger partial charge on any atom is 0.481 e. The van der Waals surface area contributed by atoms with E-state index in [4.69, 9.17) is 9.31 Å². The first kappa shape index (κ1) is 20.0. The van der Waals surface area contributed by atoms with Crippen molar-refractivity contribution in [1.29, 1.82) is 0 Å². The number of hydrogen-bond donors (Lipinski definition) is 1. The second-order valence-corrected chi connectivity index (χ2v) is 7.93. The summed E-state index contributed by atoms with van der Waals surface area (Å²) in [6.07, 6.45) is 4.17. The number of carbonyl (C=O) groups excluding carboxylic acids is 1. The van der Waals surface area contributed by atoms with Gasteiger partial charge < -0.3 is 14.6 Å². The number of benzene rings is 1. The van der Waals surface area contributed by atoms with E-state index in [1.807, 2.05) is 40.7 Å². The molecule has 1 aliphatic rings. The summed E-state index contributed by atoms with van der Waals surface area (Å²) in [6, 6.07) is 10.4. The zero-order chi connectivity index (χ0) is 18.5. The predicted molar refractivity (Wildman–Crippen MR) is 102 cm³/mol. The van der Waals surface area contributed by atoms with E-state index in [2.05, 4.69) is 29.6 Å². The molecular weight excluding hydrogens is 313 g/mol. The summed E-state index contributed by atoms with van der Waals surface area (Å²) in [6.45, 7) is 10.2. The summed E-state index contributed by atoms with van der Waals surface area (Å²) in [5.41, 5.74) is 0.547. The van der Waals surface area contributed by atoms with Gasteiger partial charge in [0.2, 0.25) is 5.91 Å². The molecule has 1 unspecified atom stereocenters. The van der Waals surface area contributed by atoms with Gasteiger partial charge in [-0.05, 0) is 58.9 Å². The maximum absolute atomic E-state index is 12.1. The van der Waals surface area contributed by atoms with E-state index < -0.39 is 7.12 Å². The summed E-state index contributed by atoms with van der Waals surface area (Å²) in [4.78, 5) is 12.1. The number of nitrogens with one attached hydrogen (secondary N) is 1. The van der Waals surface area contributed by atoms with E-state index in [1.54, 1.807) is 0 Å². The first-order valence-electron chi connectivity index (χ1n) is 9.44. The normalized spacial score (nSPS) is 19.6. The van der Waals surface area contributed by atoms with Crippen LogP contribution in [0.2, 0.25) is 0 Å². The highest BCUT2D eigenvalue weighted by atomic mass is 16.7. The Morgan fingerprint density at radius 2 is 1.72 bits per heavy atom. The minimum atomic E-state index is -0.401. The highest BCUT2D eigenvalue weighted by molar-refractivity contribution is 6.48. The van der Waals surface area contributed by atoms with Crippen molar-refractivity contribution in [3.8, 4) is 0 Å². The van der Waals surface area contributed by atoms with Gasteiger partial charge in [-0.1, -0.05) is 37.3 Å². The van der Waals surface area contributed by atoms with Gasteiger partial charge in [0.15, 0.2) is 0 Å². The number of aryl methyl sites for hydroxylation is 1. The first-order chi connectivity index (χ1) is 11.7. The van der Waals surface area contributed by atoms with Crippen LogP contribution in [0.3, 0.4) is 0 Å². The molecule has 0 spiro atoms. The van der Waals surface area contributed by atoms with Crippen molar-refractivity contribution < 1.29 is 14.1 Å². The third-order valence-electron chi connectivity index (χ3n) is 5.25. The summed E-state index contributed by atoms with van der Waals surface area (Å²) in [5, 5.41) is 3.13. The van der Waals surface area contributed by atoms with Gasteiger partial charge in [-0.15, -0.1) is 0 Å². The minimum absolute atomic E-state index is 0.0712. The molecule has 1 amide bonds. The summed E-state index contributed by atoms with van der Waals surface area (Å²) in [5.74, 6) is -0.0502. The standard InChI is InChI=1S/C20H32BNO3/c1-6-11-18(23)22-17(15-10-14-16-12-8-7-9-13-16)21-24-19(2,3)20(4,5)25-21/h7-9,12-13,17H,6,10-11,14-15H2,1-5H3,(H,22,23). The summed E-state index contributed by atoms with van der Waals surface area (Å²) in [7, 11) is -0.401. The van der Waals surface area contributed by atoms with Crippen molar-refractivity contribution in [3.63, 3.8) is 0 Å². The number of rotatable bonds is 8. The molecule has 4 nitrogen and oxygen atoms in total. The topological polar surface area (TPSA) is 47.6 Å². The lowest BCUT2D eigenvalue weighted by Crippen LogP contribution is -2.48. The molecule has 1 atom stereocenters. The molecule has 1 saturated heterocycles. The third-order valence-corrected chi connectivity index (χ3v) is 5.25. The van der Waals surface area contributed by atoms with Gasteiger partial charge in [-0.2, -0.15) is 0 Å². The fourth-order valence-electron chi connectivity index (χ4n) is 3.01. The zero-order valence-corrected chi connectivity index (χ0v) is 16.3. The van der Waals surface area contributed by atoms with Gasteiger partial charge in [0.1, 0.15) is 0 Å². The van der Waals surface area contributed by atoms with Gasteiger partial charge >= 0.3 is 7.12 Å². The Balaban J connectivity index is 1.99. The second kappa shape index (κ2) is 8.37. The number of hydrogen-bond acceptors (Lipinski definition) is 3. The summed E-state index contributed by atoms with van der Waals surface area (Å²) < 4.78 is 12.3. The molecule has 0 aromatic heterocycles. The Kier molecular flexibility index (Phi) is 6.69. The Labute approximate surface area is 152 Å². The summed E-state index contributed by atoms with van der Waals surface area (Å²) >= 11 is 0. The molecule has 1 fully saturated rings. The second-order valence-electron chi connectivity index (χ2n) is 7.93. The SMILES string of the molecule is CCCC(=O)NC(CCCc1ccccc1)B1OC(C)(C)C(C)(C)O1. The Morgan fingerprint density at radius 3 is 2.28 bits per heavy atom. The van der Waals surface area contributed by atoms with E-state index in [0.29, 0.717) is 6.42 Å². The average molecular weight is 345 g/mol. The van der Waals surface area contributed by atoms with Crippen LogP contribution in [0.1, 0.15) is 65.9 Å². The third kappa shape index (κ3) is 5.32. The number of amides is 1. The molecule has 1 aromatic carbocycles. The smallest absolute Gasteiger partial charge is 0.402 e. The molecule has 1 heterocycles. The van der Waals surface area contributed by atoms with Crippen molar-refractivity contribution in [2.45, 2.75) is 83.9 Å². The first-order valence-corrected chi connectivity index (χ1v) is 9.44. The van der Waals surface area contributed by atoms with E-state index in [9.17, 15) is 4.79 Å². The Morgan fingerprint density at radius 1 is 1.12 bits per heavy atom. The molecule has 2 rings (SSSR count). The highest BCUT2D eigenvalue weighted by Gasteiger charge is 2.53. The van der Waals surface area contributed by atoms with Gasteiger partial charge in [0.25, 0.3) is 0 Å². The maximum atomic E-state index is 12.1. The molecule has 1 aromatic rings. The van der Waals surface area contributed by atoms with Crippen molar-refractivity contribution in [2.75, 3.05) is 0 Å². The van der Waals surface area contributed by atoms with Gasteiger partial charge in [-0.3, -0.25) is 4.79 Å².